The summed E-state index contributed by atoms with van der Waals surface area (Å²) >= 11 is 5.89. The van der Waals surface area contributed by atoms with E-state index in [9.17, 15) is 5.11 Å². The molecule has 0 aliphatic rings. The Kier molecular flexibility index (Phi) is 5.60. The van der Waals surface area contributed by atoms with Crippen LogP contribution in [-0.2, 0) is 4.74 Å². The van der Waals surface area contributed by atoms with Gasteiger partial charge >= 0.3 is 0 Å². The lowest BCUT2D eigenvalue weighted by molar-refractivity contribution is 0.0363. The van der Waals surface area contributed by atoms with Gasteiger partial charge in [0.15, 0.2) is 0 Å². The Labute approximate surface area is 101 Å². The second kappa shape index (κ2) is 6.74. The van der Waals surface area contributed by atoms with Gasteiger partial charge in [-0.25, -0.2) is 0 Å². The van der Waals surface area contributed by atoms with Crippen LogP contribution in [-0.4, -0.2) is 25.4 Å². The summed E-state index contributed by atoms with van der Waals surface area (Å²) in [5.41, 5.74) is 0.748. The Morgan fingerprint density at radius 1 is 1.44 bits per heavy atom. The molecule has 1 aromatic carbocycles. The van der Waals surface area contributed by atoms with Gasteiger partial charge in [0.05, 0.1) is 18.7 Å². The van der Waals surface area contributed by atoms with Gasteiger partial charge in [-0.1, -0.05) is 24.6 Å². The van der Waals surface area contributed by atoms with E-state index in [1.165, 1.54) is 0 Å². The van der Waals surface area contributed by atoms with Crippen LogP contribution in [0, 0.1) is 0 Å². The molecule has 1 rings (SSSR count). The smallest absolute Gasteiger partial charge is 0.137 e. The van der Waals surface area contributed by atoms with Crippen molar-refractivity contribution in [2.75, 3.05) is 20.3 Å². The minimum atomic E-state index is -0.641. The van der Waals surface area contributed by atoms with Crippen LogP contribution in [0.5, 0.6) is 5.75 Å². The van der Waals surface area contributed by atoms with Crippen LogP contribution in [0.1, 0.15) is 25.0 Å². The van der Waals surface area contributed by atoms with Gasteiger partial charge in [0, 0.05) is 6.61 Å². The van der Waals surface area contributed by atoms with Crippen LogP contribution in [0.2, 0.25) is 5.02 Å². The Hall–Kier alpha value is -0.770. The van der Waals surface area contributed by atoms with Crippen molar-refractivity contribution in [2.24, 2.45) is 0 Å². The molecule has 90 valence electrons. The van der Waals surface area contributed by atoms with Gasteiger partial charge < -0.3 is 14.6 Å². The van der Waals surface area contributed by atoms with Crippen LogP contribution in [0.15, 0.2) is 18.2 Å². The first kappa shape index (κ1) is 13.3. The molecule has 0 heterocycles. The fourth-order valence-corrected chi connectivity index (χ4v) is 1.51. The highest BCUT2D eigenvalue weighted by Gasteiger charge is 2.10. The molecule has 0 saturated heterocycles. The minimum absolute atomic E-state index is 0.290. The molecule has 3 nitrogen and oxygen atoms in total. The van der Waals surface area contributed by atoms with Crippen molar-refractivity contribution in [3.05, 3.63) is 28.8 Å². The highest BCUT2D eigenvalue weighted by Crippen LogP contribution is 2.27. The highest BCUT2D eigenvalue weighted by atomic mass is 35.5. The van der Waals surface area contributed by atoms with Crippen molar-refractivity contribution >= 4 is 11.6 Å². The molecule has 0 aliphatic carbocycles. The molecule has 1 N–H and O–H groups in total. The number of methoxy groups -OCH3 is 1. The van der Waals surface area contributed by atoms with E-state index in [1.807, 2.05) is 6.92 Å². The van der Waals surface area contributed by atoms with Crippen molar-refractivity contribution in [2.45, 2.75) is 19.4 Å². The molecular weight excluding hydrogens is 228 g/mol. The lowest BCUT2D eigenvalue weighted by atomic mass is 10.1. The first-order chi connectivity index (χ1) is 7.69. The molecule has 0 radical (unpaired) electrons. The monoisotopic (exact) mass is 244 g/mol. The summed E-state index contributed by atoms with van der Waals surface area (Å²) < 4.78 is 10.4. The molecule has 16 heavy (non-hydrogen) atoms. The van der Waals surface area contributed by atoms with Crippen molar-refractivity contribution in [3.8, 4) is 5.75 Å². The summed E-state index contributed by atoms with van der Waals surface area (Å²) in [6.45, 7) is 2.97. The number of hydrogen-bond acceptors (Lipinski definition) is 3. The third kappa shape index (κ3) is 3.67. The number of hydrogen-bond donors (Lipinski definition) is 1. The van der Waals surface area contributed by atoms with E-state index >= 15 is 0 Å². The molecule has 0 saturated carbocycles. The van der Waals surface area contributed by atoms with E-state index < -0.39 is 6.10 Å². The summed E-state index contributed by atoms with van der Waals surface area (Å²) in [6, 6.07) is 5.20. The standard InChI is InChI=1S/C12H17ClO3/c1-3-6-16-8-11(14)9-4-5-10(13)12(7-9)15-2/h4-5,7,11,14H,3,6,8H2,1-2H3. The second-order valence-corrected chi connectivity index (χ2v) is 3.89. The van der Waals surface area contributed by atoms with Gasteiger partial charge in [-0.15, -0.1) is 0 Å². The van der Waals surface area contributed by atoms with Crippen molar-refractivity contribution in [1.82, 2.24) is 0 Å². The van der Waals surface area contributed by atoms with E-state index in [0.717, 1.165) is 12.0 Å². The lowest BCUT2D eigenvalue weighted by Crippen LogP contribution is -2.07. The molecular formula is C12H17ClO3. The quantitative estimate of drug-likeness (QED) is 0.782. The Morgan fingerprint density at radius 3 is 2.81 bits per heavy atom. The number of ether oxygens (including phenoxy) is 2. The zero-order valence-corrected chi connectivity index (χ0v) is 10.3. The number of aliphatic hydroxyl groups is 1. The molecule has 1 aromatic rings. The van der Waals surface area contributed by atoms with E-state index in [2.05, 4.69) is 0 Å². The van der Waals surface area contributed by atoms with Crippen molar-refractivity contribution in [1.29, 1.82) is 0 Å². The molecule has 0 fully saturated rings. The molecule has 1 atom stereocenters. The van der Waals surface area contributed by atoms with Crippen LogP contribution >= 0.6 is 11.6 Å². The SMILES string of the molecule is CCCOCC(O)c1ccc(Cl)c(OC)c1. The molecule has 4 heteroatoms. The number of halogens is 1. The van der Waals surface area contributed by atoms with Gasteiger partial charge in [-0.3, -0.25) is 0 Å². The van der Waals surface area contributed by atoms with Gasteiger partial charge in [0.25, 0.3) is 0 Å². The maximum atomic E-state index is 9.83. The maximum absolute atomic E-state index is 9.83. The first-order valence-corrected chi connectivity index (χ1v) is 5.66. The van der Waals surface area contributed by atoms with Crippen LogP contribution < -0.4 is 4.74 Å². The Bertz CT molecular complexity index is 328. The second-order valence-electron chi connectivity index (χ2n) is 3.48. The van der Waals surface area contributed by atoms with Crippen LogP contribution in [0.25, 0.3) is 0 Å². The summed E-state index contributed by atoms with van der Waals surface area (Å²) in [6.07, 6.45) is 0.300. The normalized spacial score (nSPS) is 12.5. The lowest BCUT2D eigenvalue weighted by Gasteiger charge is -2.13. The summed E-state index contributed by atoms with van der Waals surface area (Å²) in [4.78, 5) is 0. The zero-order chi connectivity index (χ0) is 12.0. The average Bonchev–Trinajstić information content (AvgIpc) is 2.30. The predicted octanol–water partition coefficient (Wildman–Crippen LogP) is 2.81. The molecule has 0 bridgehead atoms. The summed E-state index contributed by atoms with van der Waals surface area (Å²) in [7, 11) is 1.55. The van der Waals surface area contributed by atoms with Crippen molar-refractivity contribution in [3.63, 3.8) is 0 Å². The first-order valence-electron chi connectivity index (χ1n) is 5.28. The maximum Gasteiger partial charge on any atom is 0.137 e. The van der Waals surface area contributed by atoms with Gasteiger partial charge in [0.2, 0.25) is 0 Å². The highest BCUT2D eigenvalue weighted by molar-refractivity contribution is 6.32. The van der Waals surface area contributed by atoms with Gasteiger partial charge in [0.1, 0.15) is 11.9 Å². The van der Waals surface area contributed by atoms with Gasteiger partial charge in [-0.2, -0.15) is 0 Å². The Morgan fingerprint density at radius 2 is 2.19 bits per heavy atom. The minimum Gasteiger partial charge on any atom is -0.495 e. The number of aliphatic hydroxyl groups excluding tert-OH is 1. The third-order valence-corrected chi connectivity index (χ3v) is 2.50. The molecule has 0 spiro atoms. The van der Waals surface area contributed by atoms with Crippen LogP contribution in [0.4, 0.5) is 0 Å². The number of benzene rings is 1. The summed E-state index contributed by atoms with van der Waals surface area (Å²) in [5, 5.41) is 10.4. The van der Waals surface area contributed by atoms with E-state index in [-0.39, 0.29) is 0 Å². The number of rotatable bonds is 6. The van der Waals surface area contributed by atoms with E-state index in [0.29, 0.717) is 24.0 Å². The van der Waals surface area contributed by atoms with Gasteiger partial charge in [-0.05, 0) is 24.1 Å². The zero-order valence-electron chi connectivity index (χ0n) is 9.57. The Balaban J connectivity index is 2.64. The predicted molar refractivity (Wildman–Crippen MR) is 64.1 cm³/mol. The fourth-order valence-electron chi connectivity index (χ4n) is 1.32. The topological polar surface area (TPSA) is 38.7 Å². The third-order valence-electron chi connectivity index (χ3n) is 2.18. The van der Waals surface area contributed by atoms with Crippen LogP contribution in [0.3, 0.4) is 0 Å². The molecule has 1 unspecified atom stereocenters. The van der Waals surface area contributed by atoms with E-state index in [1.54, 1.807) is 25.3 Å². The summed E-state index contributed by atoms with van der Waals surface area (Å²) in [5.74, 6) is 0.564. The van der Waals surface area contributed by atoms with Crippen molar-refractivity contribution < 1.29 is 14.6 Å². The molecule has 0 aromatic heterocycles. The fraction of sp³-hybridized carbons (Fsp3) is 0.500. The molecule has 0 amide bonds. The molecule has 0 aliphatic heterocycles. The van der Waals surface area contributed by atoms with E-state index in [4.69, 9.17) is 21.1 Å². The largest absolute Gasteiger partial charge is 0.495 e. The average molecular weight is 245 g/mol.